The highest BCUT2D eigenvalue weighted by Crippen LogP contribution is 2.30. The molecule has 2 aromatic rings. The van der Waals surface area contributed by atoms with E-state index in [0.29, 0.717) is 0 Å². The van der Waals surface area contributed by atoms with Gasteiger partial charge in [0, 0.05) is 22.5 Å². The topological polar surface area (TPSA) is 15.8 Å². The molecule has 0 bridgehead atoms. The number of aromatic nitrogens is 1. The summed E-state index contributed by atoms with van der Waals surface area (Å²) >= 11 is 0. The number of nitrogens with one attached hydrogen (secondary N) is 1. The minimum absolute atomic E-state index is 0.0274. The van der Waals surface area contributed by atoms with Gasteiger partial charge in [-0.3, -0.25) is 0 Å². The summed E-state index contributed by atoms with van der Waals surface area (Å²) in [6.45, 7) is 8.23. The molecular weight excluding hydrogens is 170 g/mol. The van der Waals surface area contributed by atoms with Crippen LogP contribution in [0.2, 0.25) is 0 Å². The Morgan fingerprint density at radius 2 is 2.00 bits per heavy atom. The van der Waals surface area contributed by atoms with Gasteiger partial charge in [-0.15, -0.1) is 6.58 Å². The van der Waals surface area contributed by atoms with E-state index in [2.05, 4.69) is 49.8 Å². The summed E-state index contributed by atoms with van der Waals surface area (Å²) in [5.41, 5.74) is 2.53. The Morgan fingerprint density at radius 3 is 2.71 bits per heavy atom. The smallest absolute Gasteiger partial charge is 0.0457 e. The predicted octanol–water partition coefficient (Wildman–Crippen LogP) is 3.63. The zero-order valence-corrected chi connectivity index (χ0v) is 8.67. The number of benzene rings is 1. The maximum Gasteiger partial charge on any atom is 0.0457 e. The van der Waals surface area contributed by atoms with E-state index >= 15 is 0 Å². The Kier molecular flexibility index (Phi) is 1.95. The van der Waals surface area contributed by atoms with E-state index in [4.69, 9.17) is 0 Å². The zero-order chi connectivity index (χ0) is 10.2. The number of hydrogen-bond acceptors (Lipinski definition) is 0. The molecule has 0 radical (unpaired) electrons. The maximum atomic E-state index is 3.88. The molecule has 0 aliphatic carbocycles. The lowest BCUT2D eigenvalue weighted by Crippen LogP contribution is -2.11. The fourth-order valence-corrected chi connectivity index (χ4v) is 1.71. The van der Waals surface area contributed by atoms with Crippen LogP contribution in [0.3, 0.4) is 0 Å². The molecule has 72 valence electrons. The SMILES string of the molecule is C=CC(C)(C)c1c[nH]c2ccccc12. The van der Waals surface area contributed by atoms with Crippen molar-refractivity contribution in [1.29, 1.82) is 0 Å². The average Bonchev–Trinajstić information content (AvgIpc) is 2.61. The molecule has 0 unspecified atom stereocenters. The van der Waals surface area contributed by atoms with E-state index in [1.165, 1.54) is 16.5 Å². The molecule has 0 spiro atoms. The molecule has 1 aromatic carbocycles. The Balaban J connectivity index is 2.70. The van der Waals surface area contributed by atoms with Crippen LogP contribution in [0, 0.1) is 0 Å². The molecule has 0 saturated heterocycles. The van der Waals surface area contributed by atoms with Crippen LogP contribution in [-0.4, -0.2) is 4.98 Å². The van der Waals surface area contributed by atoms with Crippen molar-refractivity contribution in [2.24, 2.45) is 0 Å². The molecule has 1 heteroatoms. The lowest BCUT2D eigenvalue weighted by atomic mass is 9.85. The number of para-hydroxylation sites is 1. The average molecular weight is 185 g/mol. The van der Waals surface area contributed by atoms with Gasteiger partial charge in [0.05, 0.1) is 0 Å². The second kappa shape index (κ2) is 3.02. The summed E-state index contributed by atoms with van der Waals surface area (Å²) < 4.78 is 0. The maximum absolute atomic E-state index is 3.88. The fraction of sp³-hybridized carbons (Fsp3) is 0.231. The van der Waals surface area contributed by atoms with Crippen LogP contribution < -0.4 is 0 Å². The fourth-order valence-electron chi connectivity index (χ4n) is 1.71. The minimum Gasteiger partial charge on any atom is -0.361 e. The molecule has 1 aromatic heterocycles. The molecular formula is C13H15N. The van der Waals surface area contributed by atoms with Gasteiger partial charge in [-0.1, -0.05) is 38.1 Å². The summed E-state index contributed by atoms with van der Waals surface area (Å²) in [5.74, 6) is 0. The highest BCUT2D eigenvalue weighted by Gasteiger charge is 2.19. The first-order valence-corrected chi connectivity index (χ1v) is 4.85. The number of hydrogen-bond donors (Lipinski definition) is 1. The third-order valence-electron chi connectivity index (χ3n) is 2.79. The lowest BCUT2D eigenvalue weighted by molar-refractivity contribution is 0.678. The van der Waals surface area contributed by atoms with Crippen molar-refractivity contribution < 1.29 is 0 Å². The first kappa shape index (κ1) is 9.07. The predicted molar refractivity (Wildman–Crippen MR) is 61.5 cm³/mol. The minimum atomic E-state index is 0.0274. The molecule has 1 heterocycles. The number of H-pyrrole nitrogens is 1. The quantitative estimate of drug-likeness (QED) is 0.688. The van der Waals surface area contributed by atoms with Gasteiger partial charge in [-0.25, -0.2) is 0 Å². The molecule has 0 saturated carbocycles. The standard InChI is InChI=1S/C13H15N/c1-4-13(2,3)11-9-14-12-8-6-5-7-10(11)12/h4-9,14H,1H2,2-3H3. The van der Waals surface area contributed by atoms with Crippen molar-refractivity contribution >= 4 is 10.9 Å². The van der Waals surface area contributed by atoms with Gasteiger partial charge >= 0.3 is 0 Å². The zero-order valence-electron chi connectivity index (χ0n) is 8.67. The van der Waals surface area contributed by atoms with Crippen molar-refractivity contribution in [3.05, 3.63) is 48.7 Å². The normalized spacial score (nSPS) is 11.9. The Morgan fingerprint density at radius 1 is 1.29 bits per heavy atom. The summed E-state index contributed by atoms with van der Waals surface area (Å²) in [6, 6.07) is 8.35. The van der Waals surface area contributed by atoms with Crippen molar-refractivity contribution in [3.63, 3.8) is 0 Å². The summed E-state index contributed by atoms with van der Waals surface area (Å²) in [7, 11) is 0. The van der Waals surface area contributed by atoms with Crippen molar-refractivity contribution in [2.75, 3.05) is 0 Å². The number of rotatable bonds is 2. The van der Waals surface area contributed by atoms with E-state index in [0.717, 1.165) is 0 Å². The number of fused-ring (bicyclic) bond motifs is 1. The van der Waals surface area contributed by atoms with E-state index < -0.39 is 0 Å². The van der Waals surface area contributed by atoms with Gasteiger partial charge in [0.1, 0.15) is 0 Å². The highest BCUT2D eigenvalue weighted by atomic mass is 14.7. The van der Waals surface area contributed by atoms with E-state index in [1.807, 2.05) is 12.1 Å². The second-order valence-corrected chi connectivity index (χ2v) is 4.17. The number of allylic oxidation sites excluding steroid dienone is 1. The summed E-state index contributed by atoms with van der Waals surface area (Å²) in [6.07, 6.45) is 4.06. The molecule has 1 N–H and O–H groups in total. The largest absolute Gasteiger partial charge is 0.361 e. The monoisotopic (exact) mass is 185 g/mol. The van der Waals surface area contributed by atoms with Crippen LogP contribution in [-0.2, 0) is 5.41 Å². The second-order valence-electron chi connectivity index (χ2n) is 4.17. The van der Waals surface area contributed by atoms with E-state index in [9.17, 15) is 0 Å². The molecule has 2 rings (SSSR count). The van der Waals surface area contributed by atoms with Crippen LogP contribution in [0.5, 0.6) is 0 Å². The molecule has 0 amide bonds. The van der Waals surface area contributed by atoms with E-state index in [-0.39, 0.29) is 5.41 Å². The Hall–Kier alpha value is -1.50. The molecule has 14 heavy (non-hydrogen) atoms. The van der Waals surface area contributed by atoms with Crippen LogP contribution in [0.4, 0.5) is 0 Å². The van der Waals surface area contributed by atoms with Gasteiger partial charge in [-0.2, -0.15) is 0 Å². The summed E-state index contributed by atoms with van der Waals surface area (Å²) in [5, 5.41) is 1.29. The van der Waals surface area contributed by atoms with Gasteiger partial charge in [0.15, 0.2) is 0 Å². The van der Waals surface area contributed by atoms with Crippen molar-refractivity contribution in [3.8, 4) is 0 Å². The third-order valence-corrected chi connectivity index (χ3v) is 2.79. The van der Waals surface area contributed by atoms with Crippen LogP contribution in [0.1, 0.15) is 19.4 Å². The Labute approximate surface area is 84.5 Å². The molecule has 1 nitrogen and oxygen atoms in total. The molecule has 0 aliphatic heterocycles. The van der Waals surface area contributed by atoms with Crippen molar-refractivity contribution in [2.45, 2.75) is 19.3 Å². The first-order valence-electron chi connectivity index (χ1n) is 4.85. The molecule has 0 atom stereocenters. The third kappa shape index (κ3) is 1.25. The van der Waals surface area contributed by atoms with Gasteiger partial charge in [0.25, 0.3) is 0 Å². The van der Waals surface area contributed by atoms with Gasteiger partial charge < -0.3 is 4.98 Å². The highest BCUT2D eigenvalue weighted by molar-refractivity contribution is 5.84. The Bertz CT molecular complexity index is 463. The first-order chi connectivity index (χ1) is 6.65. The van der Waals surface area contributed by atoms with Gasteiger partial charge in [-0.05, 0) is 11.6 Å². The lowest BCUT2D eigenvalue weighted by Gasteiger charge is -2.18. The van der Waals surface area contributed by atoms with Crippen molar-refractivity contribution in [1.82, 2.24) is 4.98 Å². The van der Waals surface area contributed by atoms with Crippen LogP contribution in [0.25, 0.3) is 10.9 Å². The van der Waals surface area contributed by atoms with E-state index in [1.54, 1.807) is 0 Å². The van der Waals surface area contributed by atoms with Crippen LogP contribution in [0.15, 0.2) is 43.1 Å². The number of aromatic amines is 1. The van der Waals surface area contributed by atoms with Gasteiger partial charge in [0.2, 0.25) is 0 Å². The van der Waals surface area contributed by atoms with Crippen LogP contribution >= 0.6 is 0 Å². The molecule has 0 fully saturated rings. The molecule has 0 aliphatic rings. The summed E-state index contributed by atoms with van der Waals surface area (Å²) in [4.78, 5) is 3.28.